The second kappa shape index (κ2) is 9.42. The quantitative estimate of drug-likeness (QED) is 0.451. The third kappa shape index (κ3) is 5.14. The van der Waals surface area contributed by atoms with Crippen molar-refractivity contribution in [3.63, 3.8) is 0 Å². The molecule has 1 amide bonds. The molecule has 1 saturated carbocycles. The second-order valence-electron chi connectivity index (χ2n) is 11.5. The summed E-state index contributed by atoms with van der Waals surface area (Å²) in [6.07, 6.45) is 6.39. The van der Waals surface area contributed by atoms with Crippen LogP contribution in [0.5, 0.6) is 5.75 Å². The first-order valence-electron chi connectivity index (χ1n) is 12.6. The highest BCUT2D eigenvalue weighted by molar-refractivity contribution is 6.74. The molecule has 180 valence electrons. The van der Waals surface area contributed by atoms with Gasteiger partial charge in [-0.2, -0.15) is 0 Å². The number of likely N-dealkylation sites (tertiary alicyclic amines) is 1. The molecule has 0 N–H and O–H groups in total. The lowest BCUT2D eigenvalue weighted by Gasteiger charge is -2.42. The van der Waals surface area contributed by atoms with Crippen LogP contribution in [-0.4, -0.2) is 44.9 Å². The number of amides is 1. The molecule has 2 aliphatic rings. The number of hydrogen-bond donors (Lipinski definition) is 0. The Kier molecular flexibility index (Phi) is 6.93. The zero-order chi connectivity index (χ0) is 23.8. The van der Waals surface area contributed by atoms with E-state index in [1.54, 1.807) is 7.11 Å². The number of methoxy groups -OCH3 is 1. The molecular weight excluding hydrogens is 426 g/mol. The lowest BCUT2D eigenvalue weighted by molar-refractivity contribution is -0.133. The molecular formula is C28H41NO3Si. The molecule has 5 heteroatoms. The van der Waals surface area contributed by atoms with Gasteiger partial charge >= 0.3 is 0 Å². The largest absolute Gasteiger partial charge is 0.497 e. The monoisotopic (exact) mass is 467 g/mol. The number of hydrogen-bond acceptors (Lipinski definition) is 3. The molecule has 1 saturated heterocycles. The predicted octanol–water partition coefficient (Wildman–Crippen LogP) is 6.57. The van der Waals surface area contributed by atoms with E-state index in [0.717, 1.165) is 50.8 Å². The van der Waals surface area contributed by atoms with Gasteiger partial charge in [0.15, 0.2) is 8.32 Å². The molecule has 0 spiro atoms. The third-order valence-corrected chi connectivity index (χ3v) is 12.9. The van der Waals surface area contributed by atoms with Crippen LogP contribution in [0.25, 0.3) is 10.8 Å². The van der Waals surface area contributed by atoms with Gasteiger partial charge in [-0.15, -0.1) is 0 Å². The molecule has 0 aromatic heterocycles. The molecule has 2 fully saturated rings. The topological polar surface area (TPSA) is 38.8 Å². The van der Waals surface area contributed by atoms with Crippen LogP contribution in [0.15, 0.2) is 36.4 Å². The van der Waals surface area contributed by atoms with E-state index in [-0.39, 0.29) is 11.0 Å². The minimum absolute atomic E-state index is 0.0710. The minimum atomic E-state index is -1.73. The smallest absolute Gasteiger partial charge is 0.226 e. The minimum Gasteiger partial charge on any atom is -0.497 e. The Morgan fingerprint density at radius 3 is 2.39 bits per heavy atom. The first kappa shape index (κ1) is 24.3. The molecule has 2 aromatic rings. The van der Waals surface area contributed by atoms with Crippen molar-refractivity contribution in [2.45, 2.75) is 89.6 Å². The maximum Gasteiger partial charge on any atom is 0.226 e. The fourth-order valence-electron chi connectivity index (χ4n) is 5.30. The Hall–Kier alpha value is -1.85. The highest BCUT2D eigenvalue weighted by Gasteiger charge is 2.42. The van der Waals surface area contributed by atoms with E-state index in [4.69, 9.17) is 9.16 Å². The van der Waals surface area contributed by atoms with Crippen molar-refractivity contribution in [1.82, 2.24) is 4.90 Å². The van der Waals surface area contributed by atoms with E-state index in [2.05, 4.69) is 75.2 Å². The fraction of sp³-hybridized carbons (Fsp3) is 0.607. The first-order chi connectivity index (χ1) is 15.6. The number of benzene rings is 2. The van der Waals surface area contributed by atoms with Gasteiger partial charge in [-0.25, -0.2) is 0 Å². The average molecular weight is 468 g/mol. The van der Waals surface area contributed by atoms with Gasteiger partial charge < -0.3 is 14.1 Å². The summed E-state index contributed by atoms with van der Waals surface area (Å²) >= 11 is 0. The fourth-order valence-corrected chi connectivity index (χ4v) is 6.72. The van der Waals surface area contributed by atoms with Gasteiger partial charge in [0.05, 0.1) is 7.11 Å². The molecule has 0 bridgehead atoms. The number of carbonyl (C=O) groups excluding carboxylic acids is 1. The summed E-state index contributed by atoms with van der Waals surface area (Å²) in [4.78, 5) is 15.6. The van der Waals surface area contributed by atoms with Crippen LogP contribution >= 0.6 is 0 Å². The average Bonchev–Trinajstić information content (AvgIpc) is 3.13. The molecule has 4 nitrogen and oxygen atoms in total. The molecule has 1 aliphatic heterocycles. The Bertz CT molecular complexity index is 988. The van der Waals surface area contributed by atoms with Crippen LogP contribution in [0.1, 0.15) is 58.4 Å². The molecule has 33 heavy (non-hydrogen) atoms. The van der Waals surface area contributed by atoms with Crippen molar-refractivity contribution >= 4 is 25.0 Å². The van der Waals surface area contributed by atoms with E-state index < -0.39 is 8.32 Å². The molecule has 1 unspecified atom stereocenters. The van der Waals surface area contributed by atoms with Crippen molar-refractivity contribution in [2.24, 2.45) is 5.92 Å². The molecule has 1 atom stereocenters. The normalized spacial score (nSPS) is 24.5. The van der Waals surface area contributed by atoms with Gasteiger partial charge in [0.25, 0.3) is 0 Å². The zero-order valence-electron chi connectivity index (χ0n) is 21.3. The Morgan fingerprint density at radius 2 is 1.73 bits per heavy atom. The maximum atomic E-state index is 13.4. The van der Waals surface area contributed by atoms with Gasteiger partial charge in [-0.05, 0) is 85.1 Å². The highest BCUT2D eigenvalue weighted by Crippen LogP contribution is 2.40. The van der Waals surface area contributed by atoms with Crippen LogP contribution in [0.4, 0.5) is 0 Å². The van der Waals surface area contributed by atoms with Gasteiger partial charge in [-0.1, -0.05) is 45.0 Å². The van der Waals surface area contributed by atoms with Gasteiger partial charge in [0.2, 0.25) is 5.91 Å². The summed E-state index contributed by atoms with van der Waals surface area (Å²) in [7, 11) is -0.0250. The third-order valence-electron chi connectivity index (χ3n) is 8.33. The number of ether oxygens (including phenoxy) is 1. The summed E-state index contributed by atoms with van der Waals surface area (Å²) < 4.78 is 12.2. The van der Waals surface area contributed by atoms with E-state index in [9.17, 15) is 4.79 Å². The van der Waals surface area contributed by atoms with Gasteiger partial charge in [0, 0.05) is 24.6 Å². The summed E-state index contributed by atoms with van der Waals surface area (Å²) in [5, 5.41) is 2.65. The van der Waals surface area contributed by atoms with Crippen molar-refractivity contribution in [3.8, 4) is 5.75 Å². The zero-order valence-corrected chi connectivity index (χ0v) is 22.3. The molecule has 4 rings (SSSR count). The van der Waals surface area contributed by atoms with Crippen molar-refractivity contribution in [3.05, 3.63) is 42.0 Å². The van der Waals surface area contributed by atoms with Gasteiger partial charge in [0.1, 0.15) is 5.75 Å². The van der Waals surface area contributed by atoms with Crippen molar-refractivity contribution in [2.75, 3.05) is 13.7 Å². The first-order valence-corrected chi connectivity index (χ1v) is 15.5. The summed E-state index contributed by atoms with van der Waals surface area (Å²) in [5.41, 5.74) is 1.22. The van der Waals surface area contributed by atoms with E-state index in [1.165, 1.54) is 16.3 Å². The number of carbonyl (C=O) groups is 1. The van der Waals surface area contributed by atoms with E-state index in [1.807, 2.05) is 0 Å². The summed E-state index contributed by atoms with van der Waals surface area (Å²) in [6, 6.07) is 13.0. The second-order valence-corrected chi connectivity index (χ2v) is 16.3. The highest BCUT2D eigenvalue weighted by atomic mass is 28.4. The van der Waals surface area contributed by atoms with E-state index in [0.29, 0.717) is 18.1 Å². The van der Waals surface area contributed by atoms with E-state index >= 15 is 0 Å². The predicted molar refractivity (Wildman–Crippen MR) is 138 cm³/mol. The number of rotatable bonds is 6. The standard InChI is InChI=1S/C28H41NO3Si/c1-28(2,3)33(5,6)32-24-13-11-23(12-14-24)29-16-15-21(27(29)30)17-22-19-25(31-4)18-20-9-7-8-10-26(20)22/h7-10,18-19,21,23-24H,11-17H2,1-6H3. The lowest BCUT2D eigenvalue weighted by atomic mass is 9.91. The molecule has 0 radical (unpaired) electrons. The lowest BCUT2D eigenvalue weighted by Crippen LogP contribution is -2.47. The maximum absolute atomic E-state index is 13.4. The molecule has 1 heterocycles. The SMILES string of the molecule is COc1cc(CC2CCN(C3CCC(O[Si](C)(C)C(C)(C)C)CC3)C2=O)c2ccccc2c1. The van der Waals surface area contributed by atoms with Gasteiger partial charge in [-0.3, -0.25) is 4.79 Å². The summed E-state index contributed by atoms with van der Waals surface area (Å²) in [5.74, 6) is 1.28. The summed E-state index contributed by atoms with van der Waals surface area (Å²) in [6.45, 7) is 12.5. The Morgan fingerprint density at radius 1 is 1.03 bits per heavy atom. The number of nitrogens with zero attached hydrogens (tertiary/aromatic N) is 1. The molecule has 2 aromatic carbocycles. The number of fused-ring (bicyclic) bond motifs is 1. The van der Waals surface area contributed by atoms with Crippen LogP contribution in [-0.2, 0) is 15.6 Å². The Balaban J connectivity index is 1.38. The molecule has 1 aliphatic carbocycles. The Labute approximate surface area is 200 Å². The van der Waals surface area contributed by atoms with Crippen molar-refractivity contribution < 1.29 is 14.0 Å². The van der Waals surface area contributed by atoms with Crippen LogP contribution < -0.4 is 4.74 Å². The van der Waals surface area contributed by atoms with Crippen LogP contribution in [0.2, 0.25) is 18.1 Å². The van der Waals surface area contributed by atoms with Crippen LogP contribution in [0, 0.1) is 5.92 Å². The van der Waals surface area contributed by atoms with Crippen molar-refractivity contribution in [1.29, 1.82) is 0 Å². The van der Waals surface area contributed by atoms with Crippen LogP contribution in [0.3, 0.4) is 0 Å².